The summed E-state index contributed by atoms with van der Waals surface area (Å²) in [4.78, 5) is 33.9. The second kappa shape index (κ2) is 8.73. The monoisotopic (exact) mass is 316 g/mol. The molecule has 0 aromatic rings. The summed E-state index contributed by atoms with van der Waals surface area (Å²) in [6.07, 6.45) is -0.319. The quantitative estimate of drug-likeness (QED) is 0.540. The molecule has 1 saturated heterocycles. The van der Waals surface area contributed by atoms with Crippen molar-refractivity contribution in [3.05, 3.63) is 0 Å². The van der Waals surface area contributed by atoms with E-state index < -0.39 is 36.2 Å². The molecule has 0 aromatic carbocycles. The lowest BCUT2D eigenvalue weighted by atomic mass is 9.95. The van der Waals surface area contributed by atoms with Crippen molar-refractivity contribution >= 4 is 17.9 Å². The molecule has 0 radical (unpaired) electrons. The smallest absolute Gasteiger partial charge is 0.303 e. The highest BCUT2D eigenvalue weighted by Gasteiger charge is 2.46. The van der Waals surface area contributed by atoms with Crippen LogP contribution in [0.3, 0.4) is 0 Å². The van der Waals surface area contributed by atoms with Crippen molar-refractivity contribution < 1.29 is 33.3 Å². The first-order chi connectivity index (χ1) is 10.3. The fourth-order valence-electron chi connectivity index (χ4n) is 2.47. The molecule has 7 nitrogen and oxygen atoms in total. The molecule has 0 saturated carbocycles. The second-order valence-corrected chi connectivity index (χ2v) is 5.31. The molecule has 0 amide bonds. The summed E-state index contributed by atoms with van der Waals surface area (Å²) < 4.78 is 21.4. The number of carbonyl (C=O) groups is 3. The minimum Gasteiger partial charge on any atom is -0.456 e. The van der Waals surface area contributed by atoms with Crippen molar-refractivity contribution in [2.24, 2.45) is 0 Å². The van der Waals surface area contributed by atoms with Crippen LogP contribution in [-0.2, 0) is 33.3 Å². The van der Waals surface area contributed by atoms with Gasteiger partial charge in [0.1, 0.15) is 0 Å². The Balaban J connectivity index is 2.95. The number of ether oxygens (including phenoxy) is 4. The van der Waals surface area contributed by atoms with E-state index in [1.165, 1.54) is 20.8 Å². The number of hydrogen-bond donors (Lipinski definition) is 0. The molecule has 126 valence electrons. The highest BCUT2D eigenvalue weighted by molar-refractivity contribution is 5.68. The third-order valence-electron chi connectivity index (χ3n) is 3.29. The van der Waals surface area contributed by atoms with Gasteiger partial charge in [-0.2, -0.15) is 0 Å². The molecule has 0 N–H and O–H groups in total. The van der Waals surface area contributed by atoms with Crippen LogP contribution in [0.2, 0.25) is 0 Å². The number of esters is 3. The van der Waals surface area contributed by atoms with Gasteiger partial charge >= 0.3 is 17.9 Å². The van der Waals surface area contributed by atoms with Crippen LogP contribution in [0.5, 0.6) is 0 Å². The van der Waals surface area contributed by atoms with Gasteiger partial charge in [-0.1, -0.05) is 19.8 Å². The maximum Gasteiger partial charge on any atom is 0.303 e. The molecule has 4 atom stereocenters. The fraction of sp³-hybridized carbons (Fsp3) is 0.800. The first-order valence-electron chi connectivity index (χ1n) is 7.48. The third kappa shape index (κ3) is 5.63. The van der Waals surface area contributed by atoms with Crippen LogP contribution in [0.25, 0.3) is 0 Å². The molecule has 22 heavy (non-hydrogen) atoms. The highest BCUT2D eigenvalue weighted by atomic mass is 16.6. The molecule has 1 heterocycles. The summed E-state index contributed by atoms with van der Waals surface area (Å²) in [5, 5.41) is 0. The van der Waals surface area contributed by atoms with Crippen molar-refractivity contribution in [2.75, 3.05) is 6.61 Å². The molecular formula is C15H24O7. The van der Waals surface area contributed by atoms with E-state index in [-0.39, 0.29) is 12.7 Å². The Morgan fingerprint density at radius 3 is 2.00 bits per heavy atom. The number of carbonyl (C=O) groups excluding carboxylic acids is 3. The van der Waals surface area contributed by atoms with Gasteiger partial charge in [0, 0.05) is 20.8 Å². The predicted octanol–water partition coefficient (Wildman–Crippen LogP) is 1.37. The van der Waals surface area contributed by atoms with E-state index in [1.807, 2.05) is 6.92 Å². The van der Waals surface area contributed by atoms with Gasteiger partial charge in [0.05, 0.1) is 12.7 Å². The number of unbranched alkanes of at least 4 members (excludes halogenated alkanes) is 1. The minimum absolute atomic E-state index is 0.101. The molecule has 1 aliphatic rings. The molecular weight excluding hydrogens is 292 g/mol. The molecule has 0 bridgehead atoms. The molecule has 0 aromatic heterocycles. The highest BCUT2D eigenvalue weighted by Crippen LogP contribution is 2.27. The Bertz CT molecular complexity index is 407. The van der Waals surface area contributed by atoms with E-state index in [0.717, 1.165) is 12.8 Å². The molecule has 0 aliphatic carbocycles. The maximum absolute atomic E-state index is 11.4. The van der Waals surface area contributed by atoms with Gasteiger partial charge in [-0.25, -0.2) is 0 Å². The van der Waals surface area contributed by atoms with Crippen molar-refractivity contribution in [3.8, 4) is 0 Å². The average molecular weight is 316 g/mol. The zero-order valence-corrected chi connectivity index (χ0v) is 13.5. The van der Waals surface area contributed by atoms with Crippen LogP contribution >= 0.6 is 0 Å². The summed E-state index contributed by atoms with van der Waals surface area (Å²) in [5.74, 6) is -1.55. The summed E-state index contributed by atoms with van der Waals surface area (Å²) in [6.45, 7) is 5.93. The maximum atomic E-state index is 11.4. The first kappa shape index (κ1) is 18.4. The minimum atomic E-state index is -0.860. The van der Waals surface area contributed by atoms with Gasteiger partial charge in [-0.15, -0.1) is 0 Å². The van der Waals surface area contributed by atoms with Crippen LogP contribution in [-0.4, -0.2) is 48.9 Å². The Morgan fingerprint density at radius 2 is 1.50 bits per heavy atom. The SMILES string of the molecule is CCCC[C@@H]1OC[C@@H](OC(C)=O)[C@@H](OC(C)=O)[C@H]1OC(C)=O. The topological polar surface area (TPSA) is 88.1 Å². The molecule has 7 heteroatoms. The summed E-state index contributed by atoms with van der Waals surface area (Å²) in [5.41, 5.74) is 0. The number of hydrogen-bond acceptors (Lipinski definition) is 7. The van der Waals surface area contributed by atoms with Gasteiger partial charge in [0.2, 0.25) is 0 Å². The van der Waals surface area contributed by atoms with E-state index >= 15 is 0 Å². The van der Waals surface area contributed by atoms with Crippen molar-refractivity contribution in [3.63, 3.8) is 0 Å². The Morgan fingerprint density at radius 1 is 0.955 bits per heavy atom. The van der Waals surface area contributed by atoms with Crippen LogP contribution in [0.15, 0.2) is 0 Å². The van der Waals surface area contributed by atoms with Crippen molar-refractivity contribution in [2.45, 2.75) is 71.4 Å². The summed E-state index contributed by atoms with van der Waals surface area (Å²) in [6, 6.07) is 0. The summed E-state index contributed by atoms with van der Waals surface area (Å²) in [7, 11) is 0. The van der Waals surface area contributed by atoms with E-state index in [1.54, 1.807) is 0 Å². The van der Waals surface area contributed by atoms with E-state index in [9.17, 15) is 14.4 Å². The van der Waals surface area contributed by atoms with Crippen LogP contribution in [0, 0.1) is 0 Å². The van der Waals surface area contributed by atoms with E-state index in [0.29, 0.717) is 6.42 Å². The lowest BCUT2D eigenvalue weighted by Gasteiger charge is -2.40. The zero-order valence-electron chi connectivity index (χ0n) is 13.5. The largest absolute Gasteiger partial charge is 0.456 e. The first-order valence-corrected chi connectivity index (χ1v) is 7.48. The number of rotatable bonds is 6. The van der Waals surface area contributed by atoms with E-state index in [2.05, 4.69) is 0 Å². The third-order valence-corrected chi connectivity index (χ3v) is 3.29. The lowest BCUT2D eigenvalue weighted by Crippen LogP contribution is -2.57. The van der Waals surface area contributed by atoms with Crippen LogP contribution in [0.1, 0.15) is 47.0 Å². The summed E-state index contributed by atoms with van der Waals surface area (Å²) >= 11 is 0. The molecule has 1 aliphatic heterocycles. The van der Waals surface area contributed by atoms with Crippen molar-refractivity contribution in [1.82, 2.24) is 0 Å². The molecule has 0 unspecified atom stereocenters. The van der Waals surface area contributed by atoms with Gasteiger partial charge in [0.15, 0.2) is 18.3 Å². The second-order valence-electron chi connectivity index (χ2n) is 5.31. The van der Waals surface area contributed by atoms with Gasteiger partial charge in [0.25, 0.3) is 0 Å². The Hall–Kier alpha value is -1.63. The predicted molar refractivity (Wildman–Crippen MR) is 75.9 cm³/mol. The van der Waals surface area contributed by atoms with Gasteiger partial charge in [-0.3, -0.25) is 14.4 Å². The Kier molecular flexibility index (Phi) is 7.31. The molecule has 1 rings (SSSR count). The van der Waals surface area contributed by atoms with Crippen molar-refractivity contribution in [1.29, 1.82) is 0 Å². The Labute approximate surface area is 130 Å². The normalized spacial score (nSPS) is 27.8. The zero-order chi connectivity index (χ0) is 16.7. The molecule has 1 fully saturated rings. The fourth-order valence-corrected chi connectivity index (χ4v) is 2.47. The standard InChI is InChI=1S/C15H24O7/c1-5-6-7-12-14(21-10(3)17)15(22-11(4)18)13(8-19-12)20-9(2)16/h12-15H,5-8H2,1-4H3/t12-,13+,14-,15+/m0/s1. The van der Waals surface area contributed by atoms with Crippen LogP contribution < -0.4 is 0 Å². The van der Waals surface area contributed by atoms with Gasteiger partial charge < -0.3 is 18.9 Å². The lowest BCUT2D eigenvalue weighted by molar-refractivity contribution is -0.226. The molecule has 0 spiro atoms. The van der Waals surface area contributed by atoms with E-state index in [4.69, 9.17) is 18.9 Å². The average Bonchev–Trinajstić information content (AvgIpc) is 2.40. The van der Waals surface area contributed by atoms with Crippen LogP contribution in [0.4, 0.5) is 0 Å². The van der Waals surface area contributed by atoms with Gasteiger partial charge in [-0.05, 0) is 6.42 Å².